The van der Waals surface area contributed by atoms with E-state index in [1.165, 1.54) is 6.92 Å². The van der Waals surface area contributed by atoms with Gasteiger partial charge in [0.15, 0.2) is 5.82 Å². The number of carbonyl (C=O) groups excluding carboxylic acids is 1. The summed E-state index contributed by atoms with van der Waals surface area (Å²) in [6, 6.07) is 0.839. The molecule has 9 heteroatoms. The van der Waals surface area contributed by atoms with Gasteiger partial charge in [0.2, 0.25) is 10.0 Å². The Hall–Kier alpha value is -1.38. The zero-order valence-electron chi connectivity index (χ0n) is 10.8. The number of hydrogen-bond donors (Lipinski definition) is 2. The second-order valence-corrected chi connectivity index (χ2v) is 6.00. The monoisotopic (exact) mass is 324 g/mol. The molecule has 1 rings (SSSR count). The van der Waals surface area contributed by atoms with E-state index < -0.39 is 37.8 Å². The van der Waals surface area contributed by atoms with Crippen LogP contribution in [-0.2, 0) is 19.6 Å². The highest BCUT2D eigenvalue weighted by atomic mass is 35.5. The van der Waals surface area contributed by atoms with Crippen LogP contribution in [0.5, 0.6) is 0 Å². The number of benzene rings is 1. The smallest absolute Gasteiger partial charge is 0.323 e. The first-order valence-electron chi connectivity index (χ1n) is 5.62. The van der Waals surface area contributed by atoms with Crippen molar-refractivity contribution in [3.63, 3.8) is 0 Å². The Balaban J connectivity index is 3.09. The molecule has 0 bridgehead atoms. The Morgan fingerprint density at radius 2 is 2.15 bits per heavy atom. The van der Waals surface area contributed by atoms with E-state index in [4.69, 9.17) is 17.3 Å². The second-order valence-electron chi connectivity index (χ2n) is 3.91. The average Bonchev–Trinajstić information content (AvgIpc) is 2.33. The van der Waals surface area contributed by atoms with Crippen molar-refractivity contribution in [3.8, 4) is 0 Å². The molecule has 0 radical (unpaired) electrons. The SMILES string of the molecule is CCOC(=O)C(C)NS(=O)(=O)c1cc(N)cc(Cl)c1F. The van der Waals surface area contributed by atoms with E-state index in [0.717, 1.165) is 12.1 Å². The third-order valence-electron chi connectivity index (χ3n) is 2.28. The van der Waals surface area contributed by atoms with Gasteiger partial charge >= 0.3 is 5.97 Å². The molecule has 0 aliphatic rings. The van der Waals surface area contributed by atoms with E-state index in [1.807, 2.05) is 4.72 Å². The summed E-state index contributed by atoms with van der Waals surface area (Å²) in [5.74, 6) is -1.91. The van der Waals surface area contributed by atoms with Crippen LogP contribution in [0, 0.1) is 5.82 Å². The Morgan fingerprint density at radius 3 is 2.70 bits per heavy atom. The van der Waals surface area contributed by atoms with Crippen LogP contribution in [0.25, 0.3) is 0 Å². The summed E-state index contributed by atoms with van der Waals surface area (Å²) in [4.78, 5) is 10.7. The summed E-state index contributed by atoms with van der Waals surface area (Å²) in [7, 11) is -4.29. The fourth-order valence-electron chi connectivity index (χ4n) is 1.39. The summed E-state index contributed by atoms with van der Waals surface area (Å²) >= 11 is 5.54. The molecule has 1 atom stereocenters. The molecule has 0 amide bonds. The van der Waals surface area contributed by atoms with Gasteiger partial charge in [0.1, 0.15) is 10.9 Å². The van der Waals surface area contributed by atoms with Gasteiger partial charge in [0.25, 0.3) is 0 Å². The van der Waals surface area contributed by atoms with Gasteiger partial charge in [0.05, 0.1) is 11.6 Å². The molecule has 0 aliphatic heterocycles. The predicted octanol–water partition coefficient (Wildman–Crippen LogP) is 1.29. The lowest BCUT2D eigenvalue weighted by molar-refractivity contribution is -0.144. The number of esters is 1. The number of nitrogens with one attached hydrogen (secondary N) is 1. The number of sulfonamides is 1. The molecule has 3 N–H and O–H groups in total. The van der Waals surface area contributed by atoms with E-state index in [2.05, 4.69) is 4.74 Å². The number of anilines is 1. The topological polar surface area (TPSA) is 98.5 Å². The number of rotatable bonds is 5. The number of halogens is 2. The van der Waals surface area contributed by atoms with E-state index in [0.29, 0.717) is 0 Å². The number of ether oxygens (including phenoxy) is 1. The van der Waals surface area contributed by atoms with Crippen molar-refractivity contribution in [3.05, 3.63) is 23.0 Å². The first-order valence-corrected chi connectivity index (χ1v) is 7.48. The Morgan fingerprint density at radius 1 is 1.55 bits per heavy atom. The summed E-state index contributed by atoms with van der Waals surface area (Å²) in [6.45, 7) is 2.96. The normalized spacial score (nSPS) is 13.0. The van der Waals surface area contributed by atoms with Crippen molar-refractivity contribution >= 4 is 33.3 Å². The van der Waals surface area contributed by atoms with Crippen LogP contribution in [0.1, 0.15) is 13.8 Å². The fourth-order valence-corrected chi connectivity index (χ4v) is 3.00. The Kier molecular flexibility index (Phi) is 5.32. The van der Waals surface area contributed by atoms with Crippen LogP contribution in [0.4, 0.5) is 10.1 Å². The zero-order valence-corrected chi connectivity index (χ0v) is 12.4. The standard InChI is InChI=1S/C11H14ClFN2O4S/c1-3-19-11(16)6(2)15-20(17,18)9-5-7(14)4-8(12)10(9)13/h4-6,15H,3,14H2,1-2H3. The molecule has 20 heavy (non-hydrogen) atoms. The maximum atomic E-state index is 13.8. The van der Waals surface area contributed by atoms with Crippen LogP contribution in [0.2, 0.25) is 5.02 Å². The number of hydrogen-bond acceptors (Lipinski definition) is 5. The number of nitrogen functional groups attached to an aromatic ring is 1. The highest BCUT2D eigenvalue weighted by molar-refractivity contribution is 7.89. The third kappa shape index (κ3) is 3.81. The Bertz CT molecular complexity index is 621. The van der Waals surface area contributed by atoms with Gasteiger partial charge in [-0.1, -0.05) is 11.6 Å². The van der Waals surface area contributed by atoms with Gasteiger partial charge in [-0.05, 0) is 26.0 Å². The first kappa shape index (κ1) is 16.7. The molecule has 1 aromatic carbocycles. The number of nitrogens with two attached hydrogens (primary N) is 1. The van der Waals surface area contributed by atoms with Gasteiger partial charge in [0, 0.05) is 5.69 Å². The Labute approximate surface area is 121 Å². The molecular formula is C11H14ClFN2O4S. The summed E-state index contributed by atoms with van der Waals surface area (Å²) in [6.07, 6.45) is 0. The van der Waals surface area contributed by atoms with Gasteiger partial charge in [-0.15, -0.1) is 0 Å². The molecule has 0 aliphatic carbocycles. The van der Waals surface area contributed by atoms with Crippen LogP contribution >= 0.6 is 11.6 Å². The quantitative estimate of drug-likeness (QED) is 0.628. The molecule has 1 unspecified atom stereocenters. The largest absolute Gasteiger partial charge is 0.465 e. The van der Waals surface area contributed by atoms with E-state index in [1.54, 1.807) is 6.92 Å². The average molecular weight is 325 g/mol. The van der Waals surface area contributed by atoms with Crippen LogP contribution < -0.4 is 10.5 Å². The van der Waals surface area contributed by atoms with Gasteiger partial charge in [-0.2, -0.15) is 4.72 Å². The lowest BCUT2D eigenvalue weighted by atomic mass is 10.3. The molecule has 0 saturated carbocycles. The minimum absolute atomic E-state index is 0.0134. The lowest BCUT2D eigenvalue weighted by Gasteiger charge is -2.14. The number of carbonyl (C=O) groups is 1. The minimum atomic E-state index is -4.29. The van der Waals surface area contributed by atoms with Crippen LogP contribution in [0.3, 0.4) is 0 Å². The van der Waals surface area contributed by atoms with Crippen LogP contribution in [0.15, 0.2) is 17.0 Å². The maximum Gasteiger partial charge on any atom is 0.323 e. The molecule has 112 valence electrons. The van der Waals surface area contributed by atoms with Gasteiger partial charge < -0.3 is 10.5 Å². The first-order chi connectivity index (χ1) is 9.19. The summed E-state index contributed by atoms with van der Waals surface area (Å²) in [5, 5.41) is -0.422. The molecule has 0 spiro atoms. The molecule has 0 aromatic heterocycles. The van der Waals surface area contributed by atoms with E-state index in [9.17, 15) is 17.6 Å². The van der Waals surface area contributed by atoms with Crippen molar-refractivity contribution in [1.29, 1.82) is 0 Å². The lowest BCUT2D eigenvalue weighted by Crippen LogP contribution is -2.39. The molecule has 0 heterocycles. The highest BCUT2D eigenvalue weighted by Crippen LogP contribution is 2.25. The molecule has 1 aromatic rings. The predicted molar refractivity (Wildman–Crippen MR) is 72.2 cm³/mol. The fraction of sp³-hybridized carbons (Fsp3) is 0.364. The highest BCUT2D eigenvalue weighted by Gasteiger charge is 2.26. The van der Waals surface area contributed by atoms with E-state index in [-0.39, 0.29) is 12.3 Å². The molecule has 0 saturated heterocycles. The van der Waals surface area contributed by atoms with Gasteiger partial charge in [-0.3, -0.25) is 4.79 Å². The van der Waals surface area contributed by atoms with Crippen molar-refractivity contribution in [2.45, 2.75) is 24.8 Å². The third-order valence-corrected chi connectivity index (χ3v) is 4.09. The van der Waals surface area contributed by atoms with Crippen molar-refractivity contribution in [2.75, 3.05) is 12.3 Å². The summed E-state index contributed by atoms with van der Waals surface area (Å²) in [5.41, 5.74) is 5.41. The molecular weight excluding hydrogens is 311 g/mol. The van der Waals surface area contributed by atoms with Gasteiger partial charge in [-0.25, -0.2) is 12.8 Å². The van der Waals surface area contributed by atoms with Crippen molar-refractivity contribution in [2.24, 2.45) is 0 Å². The van der Waals surface area contributed by atoms with E-state index >= 15 is 0 Å². The van der Waals surface area contributed by atoms with Crippen LogP contribution in [-0.4, -0.2) is 27.0 Å². The summed E-state index contributed by atoms with van der Waals surface area (Å²) < 4.78 is 44.4. The van der Waals surface area contributed by atoms with Crippen molar-refractivity contribution < 1.29 is 22.3 Å². The molecule has 6 nitrogen and oxygen atoms in total. The second kappa shape index (κ2) is 6.38. The minimum Gasteiger partial charge on any atom is -0.465 e. The zero-order chi connectivity index (χ0) is 15.5. The molecule has 0 fully saturated rings. The van der Waals surface area contributed by atoms with Crippen molar-refractivity contribution in [1.82, 2.24) is 4.72 Å². The maximum absolute atomic E-state index is 13.8.